The normalized spacial score (nSPS) is 11.0. The predicted octanol–water partition coefficient (Wildman–Crippen LogP) is 6.03. The lowest BCUT2D eigenvalue weighted by Crippen LogP contribution is -2.12. The second-order valence-electron chi connectivity index (χ2n) is 7.59. The molecule has 4 rings (SSSR count). The summed E-state index contributed by atoms with van der Waals surface area (Å²) in [6.07, 6.45) is 0. The van der Waals surface area contributed by atoms with Crippen molar-refractivity contribution in [3.63, 3.8) is 0 Å². The number of rotatable bonds is 4. The minimum atomic E-state index is -0.406. The van der Waals surface area contributed by atoms with E-state index in [4.69, 9.17) is 23.1 Å². The maximum Gasteiger partial charge on any atom is 0.267 e. The number of amides is 1. The fraction of sp³-hybridized carbons (Fsp3) is 0.125. The summed E-state index contributed by atoms with van der Waals surface area (Å²) in [5.74, 6) is 0.0624. The Labute approximate surface area is 194 Å². The number of nitrogens with one attached hydrogen (secondary N) is 1. The minimum Gasteiger partial charge on any atom is -0.397 e. The monoisotopic (exact) mass is 461 g/mol. The fourth-order valence-corrected chi connectivity index (χ4v) is 4.71. The maximum absolute atomic E-state index is 13.0. The Kier molecular flexibility index (Phi) is 5.74. The number of nitriles is 1. The molecule has 6 nitrogen and oxygen atoms in total. The summed E-state index contributed by atoms with van der Waals surface area (Å²) >= 11 is 7.29. The SMILES string of the molecule is CC(C)c1ccc(-c2c(C#N)c(N)nc3sc(C(=O)Nc4ccccc4Cl)c(N)c23)cc1. The van der Waals surface area contributed by atoms with Crippen LogP contribution in [0.15, 0.2) is 48.5 Å². The molecule has 0 bridgehead atoms. The summed E-state index contributed by atoms with van der Waals surface area (Å²) in [6.45, 7) is 4.22. The number of thiophene rings is 1. The molecule has 0 saturated heterocycles. The van der Waals surface area contributed by atoms with Gasteiger partial charge in [0.2, 0.25) is 0 Å². The van der Waals surface area contributed by atoms with E-state index in [1.54, 1.807) is 24.3 Å². The van der Waals surface area contributed by atoms with Crippen molar-refractivity contribution in [2.24, 2.45) is 0 Å². The molecule has 8 heteroatoms. The van der Waals surface area contributed by atoms with Gasteiger partial charge in [0.1, 0.15) is 27.2 Å². The van der Waals surface area contributed by atoms with E-state index in [1.165, 1.54) is 5.56 Å². The van der Waals surface area contributed by atoms with E-state index in [9.17, 15) is 10.1 Å². The highest BCUT2D eigenvalue weighted by atomic mass is 35.5. The van der Waals surface area contributed by atoms with Gasteiger partial charge >= 0.3 is 0 Å². The van der Waals surface area contributed by atoms with Crippen molar-refractivity contribution in [3.05, 3.63) is 69.6 Å². The molecule has 160 valence electrons. The number of pyridine rings is 1. The molecule has 2 aromatic heterocycles. The van der Waals surface area contributed by atoms with Gasteiger partial charge in [-0.1, -0.05) is 61.8 Å². The Bertz CT molecular complexity index is 1390. The molecule has 0 spiro atoms. The third-order valence-electron chi connectivity index (χ3n) is 5.21. The number of nitrogen functional groups attached to an aromatic ring is 2. The molecule has 0 aliphatic rings. The number of fused-ring (bicyclic) bond motifs is 1. The Morgan fingerprint density at radius 2 is 1.84 bits per heavy atom. The molecule has 0 radical (unpaired) electrons. The van der Waals surface area contributed by atoms with Crippen molar-refractivity contribution < 1.29 is 4.79 Å². The summed E-state index contributed by atoms with van der Waals surface area (Å²) < 4.78 is 0. The second kappa shape index (κ2) is 8.50. The van der Waals surface area contributed by atoms with Gasteiger partial charge in [-0.3, -0.25) is 4.79 Å². The van der Waals surface area contributed by atoms with Crippen LogP contribution in [0.2, 0.25) is 5.02 Å². The van der Waals surface area contributed by atoms with Crippen LogP contribution in [-0.2, 0) is 0 Å². The third-order valence-corrected chi connectivity index (χ3v) is 6.64. The molecule has 0 atom stereocenters. The van der Waals surface area contributed by atoms with E-state index in [1.807, 2.05) is 24.3 Å². The lowest BCUT2D eigenvalue weighted by atomic mass is 9.94. The second-order valence-corrected chi connectivity index (χ2v) is 9.00. The predicted molar refractivity (Wildman–Crippen MR) is 132 cm³/mol. The van der Waals surface area contributed by atoms with E-state index in [0.29, 0.717) is 32.4 Å². The van der Waals surface area contributed by atoms with Gasteiger partial charge in [-0.05, 0) is 29.2 Å². The fourth-order valence-electron chi connectivity index (χ4n) is 3.52. The van der Waals surface area contributed by atoms with E-state index < -0.39 is 5.91 Å². The van der Waals surface area contributed by atoms with Gasteiger partial charge in [-0.2, -0.15) is 5.26 Å². The number of hydrogen-bond donors (Lipinski definition) is 3. The van der Waals surface area contributed by atoms with Gasteiger partial charge in [0.15, 0.2) is 0 Å². The smallest absolute Gasteiger partial charge is 0.267 e. The summed E-state index contributed by atoms with van der Waals surface area (Å²) in [4.78, 5) is 18.1. The molecule has 2 heterocycles. The van der Waals surface area contributed by atoms with Crippen molar-refractivity contribution in [1.29, 1.82) is 5.26 Å². The molecule has 0 unspecified atom stereocenters. The molecule has 1 amide bonds. The third kappa shape index (κ3) is 3.75. The van der Waals surface area contributed by atoms with Gasteiger partial charge in [-0.25, -0.2) is 4.98 Å². The highest BCUT2D eigenvalue weighted by molar-refractivity contribution is 7.21. The quantitative estimate of drug-likeness (QED) is 0.343. The zero-order chi connectivity index (χ0) is 23.0. The topological polar surface area (TPSA) is 118 Å². The standard InChI is InChI=1S/C24H20ClN5OS/c1-12(2)13-7-9-14(10-8-13)18-15(11-26)22(28)30-24-19(18)20(27)21(32-24)23(31)29-17-6-4-3-5-16(17)25/h3-10,12H,27H2,1-2H3,(H2,28,30)(H,29,31). The summed E-state index contributed by atoms with van der Waals surface area (Å²) in [5, 5.41) is 13.5. The number of benzene rings is 2. The number of anilines is 3. The first kappa shape index (κ1) is 21.6. The maximum atomic E-state index is 13.0. The molecule has 2 aromatic carbocycles. The molecule has 4 aromatic rings. The Hall–Kier alpha value is -3.60. The number of carbonyl (C=O) groups is 1. The zero-order valence-corrected chi connectivity index (χ0v) is 19.0. The number of halogens is 1. The lowest BCUT2D eigenvalue weighted by molar-refractivity contribution is 0.103. The zero-order valence-electron chi connectivity index (χ0n) is 17.4. The molecule has 0 saturated carbocycles. The molecule has 0 aliphatic carbocycles. The van der Waals surface area contributed by atoms with Crippen LogP contribution in [0.4, 0.5) is 17.2 Å². The first-order valence-corrected chi connectivity index (χ1v) is 11.1. The lowest BCUT2D eigenvalue weighted by Gasteiger charge is -2.11. The Morgan fingerprint density at radius 1 is 1.16 bits per heavy atom. The van der Waals surface area contributed by atoms with Gasteiger partial charge in [-0.15, -0.1) is 11.3 Å². The highest BCUT2D eigenvalue weighted by Gasteiger charge is 2.24. The van der Waals surface area contributed by atoms with Crippen LogP contribution in [0.5, 0.6) is 0 Å². The molecule has 32 heavy (non-hydrogen) atoms. The molecular weight excluding hydrogens is 442 g/mol. The van der Waals surface area contributed by atoms with Crippen molar-refractivity contribution in [3.8, 4) is 17.2 Å². The van der Waals surface area contributed by atoms with Crippen molar-refractivity contribution in [2.75, 3.05) is 16.8 Å². The summed E-state index contributed by atoms with van der Waals surface area (Å²) in [6, 6.07) is 17.0. The van der Waals surface area contributed by atoms with Crippen LogP contribution in [0.3, 0.4) is 0 Å². The Balaban J connectivity index is 1.89. The van der Waals surface area contributed by atoms with Crippen LogP contribution in [0, 0.1) is 11.3 Å². The number of carbonyl (C=O) groups excluding carboxylic acids is 1. The Morgan fingerprint density at radius 3 is 2.47 bits per heavy atom. The van der Waals surface area contributed by atoms with Crippen LogP contribution in [0.25, 0.3) is 21.3 Å². The number of aromatic nitrogens is 1. The van der Waals surface area contributed by atoms with E-state index >= 15 is 0 Å². The number of para-hydroxylation sites is 1. The van der Waals surface area contributed by atoms with Gasteiger partial charge < -0.3 is 16.8 Å². The van der Waals surface area contributed by atoms with Crippen LogP contribution in [-0.4, -0.2) is 10.9 Å². The minimum absolute atomic E-state index is 0.0993. The molecule has 5 N–H and O–H groups in total. The summed E-state index contributed by atoms with van der Waals surface area (Å²) in [7, 11) is 0. The number of nitrogens with two attached hydrogens (primary N) is 2. The largest absolute Gasteiger partial charge is 0.397 e. The van der Waals surface area contributed by atoms with Crippen LogP contribution < -0.4 is 16.8 Å². The van der Waals surface area contributed by atoms with Crippen molar-refractivity contribution in [1.82, 2.24) is 4.98 Å². The van der Waals surface area contributed by atoms with E-state index in [0.717, 1.165) is 16.9 Å². The number of hydrogen-bond acceptors (Lipinski definition) is 6. The van der Waals surface area contributed by atoms with Crippen molar-refractivity contribution in [2.45, 2.75) is 19.8 Å². The van der Waals surface area contributed by atoms with Gasteiger partial charge in [0.05, 0.1) is 16.4 Å². The molecular formula is C24H20ClN5OS. The average molecular weight is 462 g/mol. The first-order chi connectivity index (χ1) is 15.3. The molecule has 0 fully saturated rings. The first-order valence-electron chi connectivity index (χ1n) is 9.89. The van der Waals surface area contributed by atoms with Crippen molar-refractivity contribution >= 4 is 56.3 Å². The summed E-state index contributed by atoms with van der Waals surface area (Å²) in [5.41, 5.74) is 16.1. The number of nitrogens with zero attached hydrogens (tertiary/aromatic N) is 2. The van der Waals surface area contributed by atoms with Gasteiger partial charge in [0.25, 0.3) is 5.91 Å². The van der Waals surface area contributed by atoms with E-state index in [2.05, 4.69) is 30.2 Å². The molecule has 0 aliphatic heterocycles. The van der Waals surface area contributed by atoms with E-state index in [-0.39, 0.29) is 21.9 Å². The van der Waals surface area contributed by atoms with Crippen LogP contribution in [0.1, 0.15) is 40.6 Å². The highest BCUT2D eigenvalue weighted by Crippen LogP contribution is 2.43. The van der Waals surface area contributed by atoms with Crippen LogP contribution >= 0.6 is 22.9 Å². The average Bonchev–Trinajstić information content (AvgIpc) is 3.10. The van der Waals surface area contributed by atoms with Gasteiger partial charge in [0, 0.05) is 10.9 Å².